The van der Waals surface area contributed by atoms with Gasteiger partial charge in [-0.1, -0.05) is 50.1 Å². The van der Waals surface area contributed by atoms with Crippen LogP contribution in [0.5, 0.6) is 0 Å². The van der Waals surface area contributed by atoms with Crippen molar-refractivity contribution < 1.29 is 20.1 Å². The average molecular weight is 334 g/mol. The van der Waals surface area contributed by atoms with Crippen molar-refractivity contribution in [3.05, 3.63) is 35.9 Å². The van der Waals surface area contributed by atoms with Crippen molar-refractivity contribution in [2.45, 2.75) is 51.9 Å². The molecule has 0 aliphatic heterocycles. The Morgan fingerprint density at radius 2 is 1.79 bits per heavy atom. The molecule has 4 atom stereocenters. The first-order valence-electron chi connectivity index (χ1n) is 8.63. The third kappa shape index (κ3) is 7.94. The highest BCUT2D eigenvalue weighted by Gasteiger charge is 2.26. The summed E-state index contributed by atoms with van der Waals surface area (Å²) in [5.41, 5.74) is 1.10. The van der Waals surface area contributed by atoms with E-state index in [0.29, 0.717) is 19.6 Å². The lowest BCUT2D eigenvalue weighted by Gasteiger charge is -2.26. The van der Waals surface area contributed by atoms with Crippen LogP contribution in [0.4, 0.5) is 0 Å². The quantitative estimate of drug-likeness (QED) is 0.454. The second kappa shape index (κ2) is 12.0. The van der Waals surface area contributed by atoms with Crippen LogP contribution in [0.15, 0.2) is 30.3 Å². The van der Waals surface area contributed by atoms with Gasteiger partial charge in [-0.3, -0.25) is 0 Å². The molecule has 0 unspecified atom stereocenters. The molecule has 0 spiro atoms. The van der Waals surface area contributed by atoms with E-state index in [1.807, 2.05) is 37.3 Å². The molecule has 134 valence electrons. The molecule has 0 bridgehead atoms. The average Bonchev–Trinajstić information content (AvgIpc) is 2.60. The predicted octanol–water partition coefficient (Wildman–Crippen LogP) is 2.36. The number of rotatable bonds is 10. The summed E-state index contributed by atoms with van der Waals surface area (Å²) < 4.78 is 5.66. The molecule has 1 rings (SSSR count). The standard InChI is InChI=1S/C20H30O4/c1-16(14-24-15-18-10-6-5-7-11-18)20(23)17(2)19(22)12-8-3-4-9-13-21/h5-7,10-11,16-17,19-23H,3-4,9,13-15H2,1-2H3/t16-,17+,19+,20+/m0/s1. The van der Waals surface area contributed by atoms with E-state index in [1.54, 1.807) is 6.92 Å². The van der Waals surface area contributed by atoms with Crippen LogP contribution in [0.1, 0.15) is 38.7 Å². The van der Waals surface area contributed by atoms with E-state index in [4.69, 9.17) is 9.84 Å². The summed E-state index contributed by atoms with van der Waals surface area (Å²) >= 11 is 0. The third-order valence-electron chi connectivity index (χ3n) is 4.07. The van der Waals surface area contributed by atoms with Crippen LogP contribution in [0, 0.1) is 23.7 Å². The molecule has 0 saturated heterocycles. The highest BCUT2D eigenvalue weighted by Crippen LogP contribution is 2.17. The summed E-state index contributed by atoms with van der Waals surface area (Å²) in [6, 6.07) is 9.90. The molecule has 4 nitrogen and oxygen atoms in total. The number of aliphatic hydroxyl groups is 3. The SMILES string of the molecule is C[C@@H]([C@H](O)[C@@H](C)COCc1ccccc1)[C@H](O)C#CCCCCO. The number of hydrogen-bond acceptors (Lipinski definition) is 4. The van der Waals surface area contributed by atoms with Gasteiger partial charge in [0.05, 0.1) is 19.3 Å². The molecule has 0 saturated carbocycles. The first-order valence-corrected chi connectivity index (χ1v) is 8.63. The van der Waals surface area contributed by atoms with E-state index in [0.717, 1.165) is 18.4 Å². The van der Waals surface area contributed by atoms with Gasteiger partial charge in [0, 0.05) is 24.9 Å². The summed E-state index contributed by atoms with van der Waals surface area (Å²) in [5, 5.41) is 29.1. The Hall–Kier alpha value is -1.38. The topological polar surface area (TPSA) is 69.9 Å². The van der Waals surface area contributed by atoms with Gasteiger partial charge in [-0.2, -0.15) is 0 Å². The second-order valence-electron chi connectivity index (χ2n) is 6.27. The van der Waals surface area contributed by atoms with Crippen molar-refractivity contribution in [2.75, 3.05) is 13.2 Å². The van der Waals surface area contributed by atoms with Crippen LogP contribution in [-0.2, 0) is 11.3 Å². The highest BCUT2D eigenvalue weighted by molar-refractivity contribution is 5.13. The Bertz CT molecular complexity index is 491. The molecular weight excluding hydrogens is 304 g/mol. The minimum atomic E-state index is -0.856. The zero-order valence-corrected chi connectivity index (χ0v) is 14.7. The maximum atomic E-state index is 10.4. The lowest BCUT2D eigenvalue weighted by Crippen LogP contribution is -2.35. The zero-order chi connectivity index (χ0) is 17.8. The van der Waals surface area contributed by atoms with Crippen molar-refractivity contribution in [3.63, 3.8) is 0 Å². The first kappa shape index (κ1) is 20.7. The molecule has 0 heterocycles. The van der Waals surface area contributed by atoms with Gasteiger partial charge in [0.2, 0.25) is 0 Å². The van der Waals surface area contributed by atoms with Crippen molar-refractivity contribution in [3.8, 4) is 11.8 Å². The number of benzene rings is 1. The van der Waals surface area contributed by atoms with Crippen LogP contribution in [0.3, 0.4) is 0 Å². The molecule has 0 fully saturated rings. The smallest absolute Gasteiger partial charge is 0.119 e. The van der Waals surface area contributed by atoms with E-state index in [-0.39, 0.29) is 18.4 Å². The number of hydrogen-bond donors (Lipinski definition) is 3. The fourth-order valence-electron chi connectivity index (χ4n) is 2.37. The highest BCUT2D eigenvalue weighted by atomic mass is 16.5. The summed E-state index contributed by atoms with van der Waals surface area (Å²) in [4.78, 5) is 0. The normalized spacial score (nSPS) is 15.9. The molecule has 1 aromatic rings. The van der Waals surface area contributed by atoms with Gasteiger partial charge < -0.3 is 20.1 Å². The van der Waals surface area contributed by atoms with Gasteiger partial charge in [0.1, 0.15) is 6.10 Å². The molecule has 4 heteroatoms. The lowest BCUT2D eigenvalue weighted by molar-refractivity contribution is -0.0211. The van der Waals surface area contributed by atoms with E-state index in [2.05, 4.69) is 11.8 Å². The summed E-state index contributed by atoms with van der Waals surface area (Å²) in [7, 11) is 0. The molecule has 0 amide bonds. The van der Waals surface area contributed by atoms with E-state index in [9.17, 15) is 10.2 Å². The zero-order valence-electron chi connectivity index (χ0n) is 14.7. The maximum absolute atomic E-state index is 10.4. The van der Waals surface area contributed by atoms with Gasteiger partial charge in [-0.15, -0.1) is 5.92 Å². The van der Waals surface area contributed by atoms with E-state index >= 15 is 0 Å². The molecule has 0 aliphatic rings. The third-order valence-corrected chi connectivity index (χ3v) is 4.07. The molecule has 0 aromatic heterocycles. The predicted molar refractivity (Wildman–Crippen MR) is 95.2 cm³/mol. The van der Waals surface area contributed by atoms with Crippen molar-refractivity contribution in [2.24, 2.45) is 11.8 Å². The van der Waals surface area contributed by atoms with Gasteiger partial charge >= 0.3 is 0 Å². The Balaban J connectivity index is 2.33. The van der Waals surface area contributed by atoms with Gasteiger partial charge in [0.25, 0.3) is 0 Å². The minimum absolute atomic E-state index is 0.0884. The van der Waals surface area contributed by atoms with Gasteiger partial charge in [-0.25, -0.2) is 0 Å². The van der Waals surface area contributed by atoms with Crippen molar-refractivity contribution in [1.82, 2.24) is 0 Å². The molecular formula is C20H30O4. The monoisotopic (exact) mass is 334 g/mol. The van der Waals surface area contributed by atoms with Crippen molar-refractivity contribution in [1.29, 1.82) is 0 Å². The van der Waals surface area contributed by atoms with Crippen LogP contribution in [0.25, 0.3) is 0 Å². The molecule has 24 heavy (non-hydrogen) atoms. The van der Waals surface area contributed by atoms with E-state index in [1.165, 1.54) is 0 Å². The Kier molecular flexibility index (Phi) is 10.4. The Morgan fingerprint density at radius 3 is 2.46 bits per heavy atom. The first-order chi connectivity index (χ1) is 11.6. The van der Waals surface area contributed by atoms with Crippen LogP contribution < -0.4 is 0 Å². The Labute approximate surface area is 145 Å². The maximum Gasteiger partial charge on any atom is 0.119 e. The van der Waals surface area contributed by atoms with Gasteiger partial charge in [-0.05, 0) is 18.4 Å². The number of unbranched alkanes of at least 4 members (excludes halogenated alkanes) is 2. The largest absolute Gasteiger partial charge is 0.396 e. The summed E-state index contributed by atoms with van der Waals surface area (Å²) in [6.45, 7) is 4.81. The summed E-state index contributed by atoms with van der Waals surface area (Å²) in [6.07, 6.45) is 0.652. The van der Waals surface area contributed by atoms with Crippen LogP contribution in [0.2, 0.25) is 0 Å². The lowest BCUT2D eigenvalue weighted by atomic mass is 9.90. The molecule has 3 N–H and O–H groups in total. The fourth-order valence-corrected chi connectivity index (χ4v) is 2.37. The number of aliphatic hydroxyl groups excluding tert-OH is 3. The van der Waals surface area contributed by atoms with Gasteiger partial charge in [0.15, 0.2) is 0 Å². The second-order valence-corrected chi connectivity index (χ2v) is 6.27. The fraction of sp³-hybridized carbons (Fsp3) is 0.600. The molecule has 1 aromatic carbocycles. The Morgan fingerprint density at radius 1 is 1.08 bits per heavy atom. The van der Waals surface area contributed by atoms with Crippen LogP contribution in [-0.4, -0.2) is 40.7 Å². The molecule has 0 radical (unpaired) electrons. The summed E-state index contributed by atoms with van der Waals surface area (Å²) in [5.74, 6) is 5.26. The molecule has 0 aliphatic carbocycles. The van der Waals surface area contributed by atoms with E-state index < -0.39 is 12.2 Å². The number of ether oxygens (including phenoxy) is 1. The van der Waals surface area contributed by atoms with Crippen molar-refractivity contribution >= 4 is 0 Å². The minimum Gasteiger partial charge on any atom is -0.396 e. The van der Waals surface area contributed by atoms with Crippen LogP contribution >= 0.6 is 0 Å².